The molecule has 1 aromatic heterocycles. The van der Waals surface area contributed by atoms with Crippen LogP contribution in [0.3, 0.4) is 0 Å². The number of aromatic nitrogens is 3. The van der Waals surface area contributed by atoms with Crippen LogP contribution in [-0.4, -0.2) is 79.5 Å². The van der Waals surface area contributed by atoms with Gasteiger partial charge in [-0.05, 0) is 81.3 Å². The molecule has 3 aliphatic heterocycles. The first-order chi connectivity index (χ1) is 24.6. The van der Waals surface area contributed by atoms with E-state index in [1.165, 1.54) is 0 Å². The normalized spacial score (nSPS) is 22.9. The van der Waals surface area contributed by atoms with Crippen LogP contribution < -0.4 is 19.9 Å². The Bertz CT molecular complexity index is 1800. The van der Waals surface area contributed by atoms with Crippen LogP contribution in [0.15, 0.2) is 85.1 Å². The maximum atomic E-state index is 16.3. The Kier molecular flexibility index (Phi) is 10.0. The molecule has 1 amide bonds. The molecular weight excluding hydrogens is 664 g/mol. The molecule has 2 saturated heterocycles. The second-order valence-electron chi connectivity index (χ2n) is 14.8. The van der Waals surface area contributed by atoms with Gasteiger partial charge in [-0.2, -0.15) is 0 Å². The van der Waals surface area contributed by atoms with Crippen LogP contribution in [0.5, 0.6) is 5.75 Å². The van der Waals surface area contributed by atoms with E-state index in [1.807, 2.05) is 77.8 Å². The Morgan fingerprint density at radius 1 is 1.06 bits per heavy atom. The van der Waals surface area contributed by atoms with Crippen molar-refractivity contribution in [2.45, 2.75) is 75.0 Å². The van der Waals surface area contributed by atoms with Crippen molar-refractivity contribution in [1.29, 1.82) is 0 Å². The van der Waals surface area contributed by atoms with Crippen LogP contribution in [-0.2, 0) is 16.1 Å². The number of amides is 1. The maximum Gasteiger partial charge on any atom is 0.254 e. The van der Waals surface area contributed by atoms with Crippen molar-refractivity contribution in [1.82, 2.24) is 20.3 Å². The topological polar surface area (TPSA) is 105 Å². The van der Waals surface area contributed by atoms with Gasteiger partial charge in [0.2, 0.25) is 8.41 Å². The van der Waals surface area contributed by atoms with Gasteiger partial charge in [-0.1, -0.05) is 60.7 Å². The van der Waals surface area contributed by atoms with Gasteiger partial charge in [0.1, 0.15) is 17.4 Å². The second-order valence-corrected chi connectivity index (χ2v) is 18.6. The molecule has 0 aliphatic carbocycles. The first-order valence-corrected chi connectivity index (χ1v) is 21.0. The van der Waals surface area contributed by atoms with Crippen molar-refractivity contribution in [3.05, 3.63) is 102 Å². The fourth-order valence-electron chi connectivity index (χ4n) is 8.51. The molecule has 4 heterocycles. The predicted octanol–water partition coefficient (Wildman–Crippen LogP) is 6.05. The number of piperidine rings is 1. The van der Waals surface area contributed by atoms with E-state index in [-0.39, 0.29) is 36.0 Å². The van der Waals surface area contributed by atoms with Gasteiger partial charge in [-0.25, -0.2) is 0 Å². The summed E-state index contributed by atoms with van der Waals surface area (Å²) in [4.78, 5) is 18.5. The Morgan fingerprint density at radius 2 is 1.76 bits per heavy atom. The Labute approximate surface area is 300 Å². The quantitative estimate of drug-likeness (QED) is 0.143. The molecule has 2 N–H and O–H groups in total. The molecule has 5 atom stereocenters. The molecule has 4 aromatic rings. The Hall–Kier alpha value is -4.10. The van der Waals surface area contributed by atoms with Gasteiger partial charge in [0, 0.05) is 48.2 Å². The van der Waals surface area contributed by atoms with Crippen LogP contribution in [0.4, 0.5) is 15.5 Å². The molecule has 2 unspecified atom stereocenters. The third-order valence-corrected chi connectivity index (χ3v) is 13.7. The fourth-order valence-corrected chi connectivity index (χ4v) is 10.5. The third-order valence-electron chi connectivity index (χ3n) is 11.3. The number of anilines is 2. The van der Waals surface area contributed by atoms with Crippen LogP contribution in [0.1, 0.15) is 55.0 Å². The van der Waals surface area contributed by atoms with Gasteiger partial charge in [0.05, 0.1) is 31.0 Å². The van der Waals surface area contributed by atoms with Crippen molar-refractivity contribution in [3.8, 4) is 5.75 Å². The zero-order chi connectivity index (χ0) is 35.8. The summed E-state index contributed by atoms with van der Waals surface area (Å²) in [6, 6.07) is 25.9. The van der Waals surface area contributed by atoms with Gasteiger partial charge in [-0.3, -0.25) is 14.4 Å². The summed E-state index contributed by atoms with van der Waals surface area (Å²) >= 11 is 0. The number of ether oxygens (including phenoxy) is 2. The van der Waals surface area contributed by atoms with Gasteiger partial charge >= 0.3 is 0 Å². The zero-order valence-corrected chi connectivity index (χ0v) is 30.9. The number of hydrogen-bond acceptors (Lipinski definition) is 8. The highest BCUT2D eigenvalue weighted by atomic mass is 28.4. The molecule has 7 rings (SSSR count). The van der Waals surface area contributed by atoms with E-state index in [1.54, 1.807) is 24.9 Å². The SMILES string of the molecule is CO[C@@H]1c2cc(N3CN(c4ccccc4)C4(CCNCC4)C3=O)ccc2O[C@H](C(CCn2cc(C(CO)c3ccccc3)nn2)[Si](C)(C)F)[C@H]1C. The highest BCUT2D eigenvalue weighted by Crippen LogP contribution is 2.49. The number of fused-ring (bicyclic) bond motifs is 1. The number of carbonyl (C=O) groups excluding carboxylic acids is 1. The van der Waals surface area contributed by atoms with Gasteiger partial charge < -0.3 is 28.9 Å². The number of rotatable bonds is 11. The molecule has 0 saturated carbocycles. The molecule has 0 radical (unpaired) electrons. The van der Waals surface area contributed by atoms with E-state index in [9.17, 15) is 9.90 Å². The Morgan fingerprint density at radius 3 is 2.43 bits per heavy atom. The average Bonchev–Trinajstić information content (AvgIpc) is 3.71. The summed E-state index contributed by atoms with van der Waals surface area (Å²) in [5.41, 5.74) is 3.41. The average molecular weight is 713 g/mol. The predicted molar refractivity (Wildman–Crippen MR) is 198 cm³/mol. The number of aliphatic hydroxyl groups excluding tert-OH is 1. The lowest BCUT2D eigenvalue weighted by Gasteiger charge is -2.43. The van der Waals surface area contributed by atoms with E-state index in [2.05, 4.69) is 39.6 Å². The summed E-state index contributed by atoms with van der Waals surface area (Å²) in [5.74, 6) is 0.340. The van der Waals surface area contributed by atoms with Gasteiger partial charge in [0.15, 0.2) is 0 Å². The van der Waals surface area contributed by atoms with Crippen LogP contribution in [0.25, 0.3) is 0 Å². The maximum absolute atomic E-state index is 16.3. The molecule has 51 heavy (non-hydrogen) atoms. The van der Waals surface area contributed by atoms with Crippen molar-refractivity contribution in [2.75, 3.05) is 43.3 Å². The summed E-state index contributed by atoms with van der Waals surface area (Å²) in [6.07, 6.45) is 3.07. The zero-order valence-electron chi connectivity index (χ0n) is 29.9. The van der Waals surface area contributed by atoms with Crippen LogP contribution >= 0.6 is 0 Å². The molecular formula is C39H49FN6O4Si. The lowest BCUT2D eigenvalue weighted by Crippen LogP contribution is -2.55. The highest BCUT2D eigenvalue weighted by molar-refractivity contribution is 6.72. The minimum atomic E-state index is -3.26. The number of benzene rings is 3. The Balaban J connectivity index is 1.12. The lowest BCUT2D eigenvalue weighted by atomic mass is 9.85. The summed E-state index contributed by atoms with van der Waals surface area (Å²) < 4.78 is 30.9. The molecule has 1 spiro atoms. The number of methoxy groups -OCH3 is 1. The first-order valence-electron chi connectivity index (χ1n) is 18.1. The molecule has 0 bridgehead atoms. The van der Waals surface area contributed by atoms with E-state index >= 15 is 4.11 Å². The number of nitrogens with zero attached hydrogens (tertiary/aromatic N) is 5. The number of para-hydroxylation sites is 1. The first kappa shape index (κ1) is 35.3. The molecule has 2 fully saturated rings. The third kappa shape index (κ3) is 6.70. The minimum absolute atomic E-state index is 0.0851. The van der Waals surface area contributed by atoms with Gasteiger partial charge in [0.25, 0.3) is 5.91 Å². The van der Waals surface area contributed by atoms with E-state index in [4.69, 9.17) is 9.47 Å². The molecule has 270 valence electrons. The van der Waals surface area contributed by atoms with Crippen molar-refractivity contribution < 1.29 is 23.5 Å². The largest absolute Gasteiger partial charge is 0.490 e. The smallest absolute Gasteiger partial charge is 0.254 e. The summed E-state index contributed by atoms with van der Waals surface area (Å²) in [7, 11) is -1.57. The lowest BCUT2D eigenvalue weighted by molar-refractivity contribution is -0.122. The fraction of sp³-hybridized carbons (Fsp3) is 0.462. The monoisotopic (exact) mass is 712 g/mol. The summed E-state index contributed by atoms with van der Waals surface area (Å²) in [6.45, 7) is 7.97. The van der Waals surface area contributed by atoms with Crippen molar-refractivity contribution >= 4 is 25.7 Å². The number of aryl methyl sites for hydroxylation is 1. The van der Waals surface area contributed by atoms with Crippen LogP contribution in [0, 0.1) is 5.92 Å². The molecule has 10 nitrogen and oxygen atoms in total. The number of halogens is 1. The van der Waals surface area contributed by atoms with E-state index in [0.29, 0.717) is 31.1 Å². The number of nitrogens with one attached hydrogen (secondary N) is 1. The molecule has 3 aliphatic rings. The summed E-state index contributed by atoms with van der Waals surface area (Å²) in [5, 5.41) is 22.3. The number of hydrogen-bond donors (Lipinski definition) is 2. The minimum Gasteiger partial charge on any atom is -0.490 e. The number of aliphatic hydroxyl groups is 1. The van der Waals surface area contributed by atoms with E-state index in [0.717, 1.165) is 48.4 Å². The van der Waals surface area contributed by atoms with Crippen molar-refractivity contribution in [3.63, 3.8) is 0 Å². The number of carbonyl (C=O) groups is 1. The molecule has 3 aromatic carbocycles. The standard InChI is InChI=1S/C39H49FN6O4Si/c1-27-36(49-2)31-23-30(45-26-46(29-13-9-6-10-14-29)39(38(45)48)18-20-41-21-19-39)15-16-34(31)50-37(27)35(51(3,4)40)17-22-44-24-33(42-43-44)32(25-47)28-11-7-5-8-12-28/h5-16,23-24,27,32,35-37,41,47H,17-22,25-26H2,1-4H3/t27-,32?,35?,36-,37-/m0/s1. The molecule has 12 heteroatoms. The van der Waals surface area contributed by atoms with Gasteiger partial charge in [-0.15, -0.1) is 5.10 Å². The highest BCUT2D eigenvalue weighted by Gasteiger charge is 2.54. The van der Waals surface area contributed by atoms with Crippen LogP contribution in [0.2, 0.25) is 18.6 Å². The second kappa shape index (κ2) is 14.5. The van der Waals surface area contributed by atoms with E-state index < -0.39 is 20.1 Å². The van der Waals surface area contributed by atoms with Crippen molar-refractivity contribution in [2.24, 2.45) is 5.92 Å².